The van der Waals surface area contributed by atoms with Gasteiger partial charge in [0.1, 0.15) is 11.6 Å². The molecule has 1 aliphatic rings. The van der Waals surface area contributed by atoms with Crippen molar-refractivity contribution in [2.45, 2.75) is 32.4 Å². The minimum Gasteiger partial charge on any atom is -0.367 e. The maximum atomic E-state index is 13.8. The number of carbonyl (C=O) groups excluding carboxylic acids is 1. The van der Waals surface area contributed by atoms with E-state index in [0.29, 0.717) is 31.7 Å². The van der Waals surface area contributed by atoms with Crippen LogP contribution in [0.2, 0.25) is 0 Å². The zero-order valence-electron chi connectivity index (χ0n) is 14.0. The Morgan fingerprint density at radius 2 is 2.24 bits per heavy atom. The Labute approximate surface area is 144 Å². The average Bonchev–Trinajstić information content (AvgIpc) is 3.22. The molecular weight excluding hydrogens is 328 g/mol. The molecule has 0 bridgehead atoms. The molecule has 1 aliphatic heterocycles. The number of amides is 2. The van der Waals surface area contributed by atoms with E-state index in [1.165, 1.54) is 12.1 Å². The fourth-order valence-electron chi connectivity index (χ4n) is 2.93. The molecule has 1 fully saturated rings. The van der Waals surface area contributed by atoms with E-state index in [1.54, 1.807) is 0 Å². The molecule has 0 spiro atoms. The molecule has 0 saturated carbocycles. The highest BCUT2D eigenvalue weighted by molar-refractivity contribution is 5.74. The summed E-state index contributed by atoms with van der Waals surface area (Å²) in [4.78, 5) is 13.8. The third-order valence-electron chi connectivity index (χ3n) is 4.26. The quantitative estimate of drug-likeness (QED) is 0.776. The van der Waals surface area contributed by atoms with E-state index in [4.69, 9.17) is 0 Å². The number of H-pyrrole nitrogens is 1. The Kier molecular flexibility index (Phi) is 5.16. The van der Waals surface area contributed by atoms with E-state index >= 15 is 0 Å². The minimum absolute atomic E-state index is 0.0857. The number of benzene rings is 1. The highest BCUT2D eigenvalue weighted by Gasteiger charge is 2.25. The summed E-state index contributed by atoms with van der Waals surface area (Å²) in [6, 6.07) is 5.08. The van der Waals surface area contributed by atoms with Gasteiger partial charge in [-0.2, -0.15) is 5.10 Å². The van der Waals surface area contributed by atoms with Crippen LogP contribution in [0, 0.1) is 11.6 Å². The number of rotatable bonds is 5. The molecule has 1 unspecified atom stereocenters. The topological polar surface area (TPSA) is 73.1 Å². The van der Waals surface area contributed by atoms with Crippen LogP contribution in [0.4, 0.5) is 19.3 Å². The zero-order valence-corrected chi connectivity index (χ0v) is 14.0. The predicted molar refractivity (Wildman–Crippen MR) is 90.3 cm³/mol. The van der Waals surface area contributed by atoms with Crippen molar-refractivity contribution < 1.29 is 13.6 Å². The molecule has 0 radical (unpaired) electrons. The van der Waals surface area contributed by atoms with Crippen molar-refractivity contribution in [3.63, 3.8) is 0 Å². The van der Waals surface area contributed by atoms with Crippen molar-refractivity contribution in [3.8, 4) is 0 Å². The van der Waals surface area contributed by atoms with Crippen LogP contribution in [0.5, 0.6) is 0 Å². The third-order valence-corrected chi connectivity index (χ3v) is 4.26. The molecule has 2 aromatic rings. The third kappa shape index (κ3) is 4.26. The lowest BCUT2D eigenvalue weighted by Crippen LogP contribution is -2.43. The Hall–Kier alpha value is -2.64. The Bertz CT molecular complexity index is 748. The summed E-state index contributed by atoms with van der Waals surface area (Å²) >= 11 is 0. The SMILES string of the molecule is CCc1cc(CNC(=O)NC2CCN(c3ccc(F)cc3F)C2)[nH]n1. The second kappa shape index (κ2) is 7.50. The average molecular weight is 349 g/mol. The molecule has 1 aromatic heterocycles. The van der Waals surface area contributed by atoms with Crippen molar-refractivity contribution in [3.05, 3.63) is 47.3 Å². The van der Waals surface area contributed by atoms with E-state index in [0.717, 1.165) is 23.9 Å². The minimum atomic E-state index is -0.598. The summed E-state index contributed by atoms with van der Waals surface area (Å²) in [6.45, 7) is 3.46. The van der Waals surface area contributed by atoms with Gasteiger partial charge in [-0.15, -0.1) is 0 Å². The first-order valence-electron chi connectivity index (χ1n) is 8.32. The van der Waals surface area contributed by atoms with Gasteiger partial charge in [-0.1, -0.05) is 6.92 Å². The van der Waals surface area contributed by atoms with Crippen molar-refractivity contribution in [1.82, 2.24) is 20.8 Å². The normalized spacial score (nSPS) is 16.9. The molecule has 6 nitrogen and oxygen atoms in total. The standard InChI is InChI=1S/C17H21F2N5O/c1-2-12-8-14(23-22-12)9-20-17(25)21-13-5-6-24(10-13)16-4-3-11(18)7-15(16)19/h3-4,7-8,13H,2,5-6,9-10H2,1H3,(H,22,23)(H2,20,21,25). The molecule has 1 atom stereocenters. The van der Waals surface area contributed by atoms with E-state index in [2.05, 4.69) is 20.8 Å². The molecule has 2 amide bonds. The van der Waals surface area contributed by atoms with Crippen LogP contribution in [0.1, 0.15) is 24.7 Å². The molecule has 3 N–H and O–H groups in total. The van der Waals surface area contributed by atoms with Gasteiger partial charge in [0.25, 0.3) is 0 Å². The molecule has 8 heteroatoms. The number of nitrogens with one attached hydrogen (secondary N) is 3. The number of hydrogen-bond acceptors (Lipinski definition) is 3. The van der Waals surface area contributed by atoms with Crippen LogP contribution >= 0.6 is 0 Å². The molecular formula is C17H21F2N5O. The van der Waals surface area contributed by atoms with Crippen LogP contribution in [-0.4, -0.2) is 35.4 Å². The van der Waals surface area contributed by atoms with Crippen LogP contribution in [0.25, 0.3) is 0 Å². The van der Waals surface area contributed by atoms with Gasteiger partial charge in [0, 0.05) is 25.2 Å². The van der Waals surface area contributed by atoms with Gasteiger partial charge >= 0.3 is 6.03 Å². The lowest BCUT2D eigenvalue weighted by atomic mass is 10.2. The summed E-state index contributed by atoms with van der Waals surface area (Å²) < 4.78 is 26.8. The van der Waals surface area contributed by atoms with Crippen molar-refractivity contribution >= 4 is 11.7 Å². The smallest absolute Gasteiger partial charge is 0.315 e. The molecule has 1 saturated heterocycles. The molecule has 1 aromatic carbocycles. The van der Waals surface area contributed by atoms with Crippen LogP contribution in [0.15, 0.2) is 24.3 Å². The van der Waals surface area contributed by atoms with Crippen LogP contribution in [-0.2, 0) is 13.0 Å². The Morgan fingerprint density at radius 3 is 2.96 bits per heavy atom. The van der Waals surface area contributed by atoms with E-state index < -0.39 is 11.6 Å². The summed E-state index contributed by atoms with van der Waals surface area (Å²) in [5.41, 5.74) is 2.15. The number of aromatic nitrogens is 2. The first kappa shape index (κ1) is 17.2. The Morgan fingerprint density at radius 1 is 1.40 bits per heavy atom. The molecule has 25 heavy (non-hydrogen) atoms. The number of anilines is 1. The fraction of sp³-hybridized carbons (Fsp3) is 0.412. The zero-order chi connectivity index (χ0) is 17.8. The van der Waals surface area contributed by atoms with E-state index in [1.807, 2.05) is 17.9 Å². The van der Waals surface area contributed by atoms with E-state index in [-0.39, 0.29) is 12.1 Å². The second-order valence-corrected chi connectivity index (χ2v) is 6.09. The monoisotopic (exact) mass is 349 g/mol. The van der Waals surface area contributed by atoms with Crippen LogP contribution < -0.4 is 15.5 Å². The lowest BCUT2D eigenvalue weighted by Gasteiger charge is -2.19. The maximum Gasteiger partial charge on any atom is 0.315 e. The first-order valence-corrected chi connectivity index (χ1v) is 8.32. The number of hydrogen-bond donors (Lipinski definition) is 3. The van der Waals surface area contributed by atoms with Crippen molar-refractivity contribution in [1.29, 1.82) is 0 Å². The van der Waals surface area contributed by atoms with Gasteiger partial charge in [-0.25, -0.2) is 13.6 Å². The van der Waals surface area contributed by atoms with Crippen molar-refractivity contribution in [2.75, 3.05) is 18.0 Å². The number of carbonyl (C=O) groups is 1. The van der Waals surface area contributed by atoms with Gasteiger partial charge in [0.2, 0.25) is 0 Å². The molecule has 0 aliphatic carbocycles. The van der Waals surface area contributed by atoms with Crippen LogP contribution in [0.3, 0.4) is 0 Å². The number of urea groups is 1. The van der Waals surface area contributed by atoms with Gasteiger partial charge in [0.05, 0.1) is 23.6 Å². The lowest BCUT2D eigenvalue weighted by molar-refractivity contribution is 0.237. The maximum absolute atomic E-state index is 13.8. The summed E-state index contributed by atoms with van der Waals surface area (Å²) in [5.74, 6) is -1.18. The Balaban J connectivity index is 1.48. The number of aromatic amines is 1. The number of aryl methyl sites for hydroxylation is 1. The number of nitrogens with zero attached hydrogens (tertiary/aromatic N) is 2. The highest BCUT2D eigenvalue weighted by Crippen LogP contribution is 2.24. The fourth-order valence-corrected chi connectivity index (χ4v) is 2.93. The predicted octanol–water partition coefficient (Wildman–Crippen LogP) is 2.33. The number of halogens is 2. The first-order chi connectivity index (χ1) is 12.0. The highest BCUT2D eigenvalue weighted by atomic mass is 19.1. The summed E-state index contributed by atoms with van der Waals surface area (Å²) in [6.07, 6.45) is 1.54. The largest absolute Gasteiger partial charge is 0.367 e. The van der Waals surface area contributed by atoms with Gasteiger partial charge in [-0.05, 0) is 31.0 Å². The van der Waals surface area contributed by atoms with Crippen molar-refractivity contribution in [2.24, 2.45) is 0 Å². The summed E-state index contributed by atoms with van der Waals surface area (Å²) in [5, 5.41) is 12.6. The molecule has 134 valence electrons. The van der Waals surface area contributed by atoms with Gasteiger partial charge < -0.3 is 15.5 Å². The van der Waals surface area contributed by atoms with E-state index in [9.17, 15) is 13.6 Å². The van der Waals surface area contributed by atoms with Gasteiger partial charge in [0.15, 0.2) is 0 Å². The summed E-state index contributed by atoms with van der Waals surface area (Å²) in [7, 11) is 0. The second-order valence-electron chi connectivity index (χ2n) is 6.09. The molecule has 3 rings (SSSR count). The van der Waals surface area contributed by atoms with Gasteiger partial charge in [-0.3, -0.25) is 5.10 Å². The molecule has 2 heterocycles.